The molecule has 6 nitrogen and oxygen atoms in total. The van der Waals surface area contributed by atoms with Crippen molar-refractivity contribution in [2.75, 3.05) is 13.2 Å². The molecule has 0 radical (unpaired) electrons. The highest BCUT2D eigenvalue weighted by molar-refractivity contribution is 6.01. The average Bonchev–Trinajstić information content (AvgIpc) is 2.66. The van der Waals surface area contributed by atoms with E-state index in [1.54, 1.807) is 31.2 Å². The summed E-state index contributed by atoms with van der Waals surface area (Å²) >= 11 is 0. The molecular weight excluding hydrogens is 344 g/mol. The first-order valence-corrected chi connectivity index (χ1v) is 8.98. The fourth-order valence-corrected chi connectivity index (χ4v) is 2.64. The number of nitrogens with zero attached hydrogens (tertiary/aromatic N) is 1. The first kappa shape index (κ1) is 20.4. The molecule has 1 aromatic rings. The number of carbonyl (C=O) groups is 2. The Bertz CT molecular complexity index is 763. The molecule has 1 amide bonds. The molecule has 2 rings (SSSR count). The lowest BCUT2D eigenvalue weighted by Gasteiger charge is -2.22. The van der Waals surface area contributed by atoms with Gasteiger partial charge >= 0.3 is 5.97 Å². The molecule has 0 fully saturated rings. The number of hydrogen-bond donors (Lipinski definition) is 1. The fraction of sp³-hybridized carbons (Fsp3) is 0.381. The van der Waals surface area contributed by atoms with Crippen molar-refractivity contribution in [3.05, 3.63) is 53.6 Å². The molecule has 1 atom stereocenters. The third-order valence-electron chi connectivity index (χ3n) is 4.35. The Morgan fingerprint density at radius 1 is 1.30 bits per heavy atom. The zero-order valence-electron chi connectivity index (χ0n) is 16.1. The largest absolute Gasteiger partial charge is 0.484 e. The quantitative estimate of drug-likeness (QED) is 0.451. The Balaban J connectivity index is 1.85. The zero-order chi connectivity index (χ0) is 19.8. The third kappa shape index (κ3) is 6.09. The fourth-order valence-electron chi connectivity index (χ4n) is 2.64. The summed E-state index contributed by atoms with van der Waals surface area (Å²) in [5.41, 5.74) is 6.03. The summed E-state index contributed by atoms with van der Waals surface area (Å²) in [6, 6.07) is 6.44. The van der Waals surface area contributed by atoms with Crippen LogP contribution >= 0.6 is 0 Å². The van der Waals surface area contributed by atoms with Crippen molar-refractivity contribution in [1.29, 1.82) is 0 Å². The van der Waals surface area contributed by atoms with E-state index in [1.165, 1.54) is 0 Å². The predicted octanol–water partition coefficient (Wildman–Crippen LogP) is 3.65. The van der Waals surface area contributed by atoms with Crippen LogP contribution in [-0.4, -0.2) is 30.8 Å². The molecule has 1 N–H and O–H groups in total. The molecule has 0 aliphatic heterocycles. The van der Waals surface area contributed by atoms with E-state index in [0.717, 1.165) is 29.7 Å². The van der Waals surface area contributed by atoms with Gasteiger partial charge in [0.1, 0.15) is 5.75 Å². The highest BCUT2D eigenvalue weighted by atomic mass is 16.5. The van der Waals surface area contributed by atoms with E-state index in [2.05, 4.69) is 23.2 Å². The molecule has 0 heterocycles. The lowest BCUT2D eigenvalue weighted by atomic mass is 9.85. The maximum absolute atomic E-state index is 12.0. The SMILES string of the molecule is C=C(C)[C@H]1CC=C(C)/C(=N\NC(=O)COc2ccc(C(=O)OCC)cc2)C1. The molecule has 0 aromatic heterocycles. The van der Waals surface area contributed by atoms with Crippen molar-refractivity contribution in [1.82, 2.24) is 5.43 Å². The van der Waals surface area contributed by atoms with E-state index in [1.807, 2.05) is 13.8 Å². The second kappa shape index (κ2) is 9.71. The lowest BCUT2D eigenvalue weighted by Crippen LogP contribution is -2.27. The maximum atomic E-state index is 12.0. The zero-order valence-corrected chi connectivity index (χ0v) is 16.1. The van der Waals surface area contributed by atoms with Crippen LogP contribution in [0, 0.1) is 5.92 Å². The van der Waals surface area contributed by atoms with Gasteiger partial charge in [-0.3, -0.25) is 4.79 Å². The van der Waals surface area contributed by atoms with Gasteiger partial charge in [0.25, 0.3) is 5.91 Å². The summed E-state index contributed by atoms with van der Waals surface area (Å²) in [4.78, 5) is 23.6. The molecule has 1 aliphatic carbocycles. The smallest absolute Gasteiger partial charge is 0.338 e. The summed E-state index contributed by atoms with van der Waals surface area (Å²) in [5.74, 6) is 0.115. The Morgan fingerprint density at radius 2 is 2.00 bits per heavy atom. The molecule has 0 saturated heterocycles. The monoisotopic (exact) mass is 370 g/mol. The van der Waals surface area contributed by atoms with Gasteiger partial charge in [-0.15, -0.1) is 0 Å². The summed E-state index contributed by atoms with van der Waals surface area (Å²) in [7, 11) is 0. The number of benzene rings is 1. The van der Waals surface area contributed by atoms with Gasteiger partial charge in [-0.2, -0.15) is 5.10 Å². The van der Waals surface area contributed by atoms with Crippen LogP contribution in [0.4, 0.5) is 0 Å². The Kier molecular flexibility index (Phi) is 7.34. The number of amides is 1. The summed E-state index contributed by atoms with van der Waals surface area (Å²) in [6.07, 6.45) is 3.85. The van der Waals surface area contributed by atoms with Gasteiger partial charge < -0.3 is 9.47 Å². The Labute approximate surface area is 159 Å². The van der Waals surface area contributed by atoms with Crippen LogP contribution in [0.25, 0.3) is 0 Å². The van der Waals surface area contributed by atoms with Gasteiger partial charge in [0, 0.05) is 0 Å². The first-order valence-electron chi connectivity index (χ1n) is 8.98. The number of hydrogen-bond acceptors (Lipinski definition) is 5. The number of allylic oxidation sites excluding steroid dienone is 3. The molecule has 27 heavy (non-hydrogen) atoms. The van der Waals surface area contributed by atoms with E-state index in [0.29, 0.717) is 23.8 Å². The van der Waals surface area contributed by atoms with Gasteiger partial charge in [0.2, 0.25) is 0 Å². The van der Waals surface area contributed by atoms with E-state index in [-0.39, 0.29) is 18.5 Å². The van der Waals surface area contributed by atoms with E-state index in [4.69, 9.17) is 9.47 Å². The van der Waals surface area contributed by atoms with Crippen molar-refractivity contribution in [3.63, 3.8) is 0 Å². The Hall–Kier alpha value is -2.89. The van der Waals surface area contributed by atoms with Crippen LogP contribution in [0.5, 0.6) is 5.75 Å². The topological polar surface area (TPSA) is 77.0 Å². The average molecular weight is 370 g/mol. The molecule has 144 valence electrons. The van der Waals surface area contributed by atoms with Crippen molar-refractivity contribution in [2.45, 2.75) is 33.6 Å². The van der Waals surface area contributed by atoms with Gasteiger partial charge in [-0.1, -0.05) is 18.2 Å². The van der Waals surface area contributed by atoms with Gasteiger partial charge in [0.05, 0.1) is 17.9 Å². The highest BCUT2D eigenvalue weighted by Crippen LogP contribution is 2.26. The van der Waals surface area contributed by atoms with E-state index in [9.17, 15) is 9.59 Å². The second-order valence-corrected chi connectivity index (χ2v) is 6.50. The van der Waals surface area contributed by atoms with Gasteiger partial charge in [-0.05, 0) is 69.4 Å². The summed E-state index contributed by atoms with van der Waals surface area (Å²) in [6.45, 7) is 9.91. The molecule has 0 bridgehead atoms. The maximum Gasteiger partial charge on any atom is 0.338 e. The van der Waals surface area contributed by atoms with E-state index >= 15 is 0 Å². The van der Waals surface area contributed by atoms with Crippen LogP contribution in [0.2, 0.25) is 0 Å². The molecular formula is C21H26N2O4. The number of nitrogens with one attached hydrogen (secondary N) is 1. The van der Waals surface area contributed by atoms with E-state index < -0.39 is 0 Å². The van der Waals surface area contributed by atoms with Crippen LogP contribution in [0.3, 0.4) is 0 Å². The van der Waals surface area contributed by atoms with Crippen molar-refractivity contribution >= 4 is 17.6 Å². The second-order valence-electron chi connectivity index (χ2n) is 6.50. The van der Waals surface area contributed by atoms with Crippen LogP contribution in [0.15, 0.2) is 53.2 Å². The number of esters is 1. The van der Waals surface area contributed by atoms with Crippen LogP contribution in [0.1, 0.15) is 44.0 Å². The van der Waals surface area contributed by atoms with Crippen molar-refractivity contribution < 1.29 is 19.1 Å². The number of rotatable bonds is 7. The Morgan fingerprint density at radius 3 is 2.63 bits per heavy atom. The normalized spacial score (nSPS) is 17.8. The minimum absolute atomic E-state index is 0.164. The molecule has 6 heteroatoms. The minimum Gasteiger partial charge on any atom is -0.484 e. The number of carbonyl (C=O) groups excluding carboxylic acids is 2. The van der Waals surface area contributed by atoms with Crippen molar-refractivity contribution in [2.24, 2.45) is 11.0 Å². The number of ether oxygens (including phenoxy) is 2. The van der Waals surface area contributed by atoms with Crippen molar-refractivity contribution in [3.8, 4) is 5.75 Å². The third-order valence-corrected chi connectivity index (χ3v) is 4.35. The summed E-state index contributed by atoms with van der Waals surface area (Å²) < 4.78 is 10.3. The predicted molar refractivity (Wildman–Crippen MR) is 105 cm³/mol. The molecule has 0 spiro atoms. The lowest BCUT2D eigenvalue weighted by molar-refractivity contribution is -0.123. The standard InChI is InChI=1S/C21H26N2O4/c1-5-26-21(25)16-8-10-18(11-9-16)27-13-20(24)23-22-19-12-17(14(2)3)7-6-15(19)4/h6,8-11,17H,2,5,7,12-13H2,1,3-4H3,(H,23,24)/b22-19-/t17-/m0/s1. The first-order chi connectivity index (χ1) is 12.9. The highest BCUT2D eigenvalue weighted by Gasteiger charge is 2.18. The van der Waals surface area contributed by atoms with Gasteiger partial charge in [0.15, 0.2) is 6.61 Å². The molecule has 1 aromatic carbocycles. The molecule has 0 saturated carbocycles. The van der Waals surface area contributed by atoms with Crippen LogP contribution in [-0.2, 0) is 9.53 Å². The van der Waals surface area contributed by atoms with Crippen LogP contribution < -0.4 is 10.2 Å². The van der Waals surface area contributed by atoms with Gasteiger partial charge in [-0.25, -0.2) is 10.2 Å². The summed E-state index contributed by atoms with van der Waals surface area (Å²) in [5, 5.41) is 4.23. The molecule has 1 aliphatic rings. The minimum atomic E-state index is -0.387. The molecule has 0 unspecified atom stereocenters. The number of hydrazone groups is 1.